The van der Waals surface area contributed by atoms with Crippen LogP contribution in [0.25, 0.3) is 0 Å². The second kappa shape index (κ2) is 7.45. The van der Waals surface area contributed by atoms with Gasteiger partial charge >= 0.3 is 0 Å². The second-order valence-electron chi connectivity index (χ2n) is 7.12. The smallest absolute Gasteiger partial charge is 0.291 e. The fourth-order valence-electron chi connectivity index (χ4n) is 3.28. The zero-order valence-electron chi connectivity index (χ0n) is 16.1. The zero-order chi connectivity index (χ0) is 18.8. The van der Waals surface area contributed by atoms with Crippen LogP contribution in [0.4, 0.5) is 5.82 Å². The average Bonchev–Trinajstić information content (AvgIpc) is 3.28. The normalized spacial score (nSPS) is 18.2. The molecule has 7 heteroatoms. The molecule has 1 N–H and O–H groups in total. The Morgan fingerprint density at radius 1 is 1.38 bits per heavy atom. The zero-order valence-corrected chi connectivity index (χ0v) is 16.1. The minimum atomic E-state index is -0.172. The summed E-state index contributed by atoms with van der Waals surface area (Å²) < 4.78 is 5.48. The number of anilines is 1. The number of nitrogens with zero attached hydrogens (tertiary/aromatic N) is 4. The first kappa shape index (κ1) is 18.4. The summed E-state index contributed by atoms with van der Waals surface area (Å²) in [5, 5.41) is 3.62. The molecule has 0 radical (unpaired) electrons. The Labute approximate surface area is 154 Å². The third-order valence-electron chi connectivity index (χ3n) is 4.90. The minimum Gasteiger partial charge on any atom is -0.468 e. The van der Waals surface area contributed by atoms with Gasteiger partial charge in [-0.3, -0.25) is 4.79 Å². The van der Waals surface area contributed by atoms with Crippen LogP contribution in [0.3, 0.4) is 0 Å². The number of aromatic nitrogens is 2. The van der Waals surface area contributed by atoms with Crippen molar-refractivity contribution < 1.29 is 9.21 Å². The van der Waals surface area contributed by atoms with Crippen molar-refractivity contribution in [2.75, 3.05) is 32.1 Å². The number of hydrogen-bond donors (Lipinski definition) is 1. The molecule has 2 atom stereocenters. The van der Waals surface area contributed by atoms with Crippen LogP contribution in [0.1, 0.15) is 47.0 Å². The highest BCUT2D eigenvalue weighted by molar-refractivity contribution is 5.90. The number of furan rings is 1. The van der Waals surface area contributed by atoms with E-state index in [-0.39, 0.29) is 17.8 Å². The van der Waals surface area contributed by atoms with Crippen LogP contribution in [0.5, 0.6) is 0 Å². The molecular formula is C19H27N5O2. The third kappa shape index (κ3) is 3.72. The predicted molar refractivity (Wildman–Crippen MR) is 100 cm³/mol. The fourth-order valence-corrected chi connectivity index (χ4v) is 3.28. The minimum absolute atomic E-state index is 0.161. The Bertz CT molecular complexity index is 772. The summed E-state index contributed by atoms with van der Waals surface area (Å²) in [5.41, 5.74) is 1.88. The van der Waals surface area contributed by atoms with Crippen molar-refractivity contribution in [1.82, 2.24) is 20.2 Å². The summed E-state index contributed by atoms with van der Waals surface area (Å²) in [6, 6.07) is 4.40. The van der Waals surface area contributed by atoms with E-state index in [9.17, 15) is 4.79 Å². The molecular weight excluding hydrogens is 330 g/mol. The number of carbonyl (C=O) groups is 1. The largest absolute Gasteiger partial charge is 0.468 e. The standard InChI is InChI=1S/C19H27N5O2/c1-12-13(2)21-17(19(25)23(4)5)22-18(12)24-9-8-15(11-24)20-14(3)16-7-6-10-26-16/h6-7,10,14-15,20H,8-9,11H2,1-5H3/t14?,15-/m1/s1. The molecule has 0 saturated carbocycles. The molecule has 26 heavy (non-hydrogen) atoms. The van der Waals surface area contributed by atoms with E-state index in [0.29, 0.717) is 6.04 Å². The highest BCUT2D eigenvalue weighted by Gasteiger charge is 2.28. The van der Waals surface area contributed by atoms with Gasteiger partial charge in [-0.2, -0.15) is 0 Å². The molecule has 0 spiro atoms. The monoisotopic (exact) mass is 357 g/mol. The van der Waals surface area contributed by atoms with E-state index >= 15 is 0 Å². The van der Waals surface area contributed by atoms with Gasteiger partial charge < -0.3 is 19.5 Å². The van der Waals surface area contributed by atoms with Gasteiger partial charge in [0.05, 0.1) is 12.3 Å². The lowest BCUT2D eigenvalue weighted by atomic mass is 10.2. The molecule has 1 fully saturated rings. The van der Waals surface area contributed by atoms with Crippen molar-refractivity contribution >= 4 is 11.7 Å². The summed E-state index contributed by atoms with van der Waals surface area (Å²) in [4.78, 5) is 25.0. The van der Waals surface area contributed by atoms with Crippen molar-refractivity contribution in [2.45, 2.75) is 39.3 Å². The highest BCUT2D eigenvalue weighted by atomic mass is 16.3. The Kier molecular flexibility index (Phi) is 5.27. The Balaban J connectivity index is 1.74. The molecule has 1 aliphatic heterocycles. The molecule has 3 rings (SSSR count). The van der Waals surface area contributed by atoms with E-state index in [0.717, 1.165) is 42.3 Å². The Morgan fingerprint density at radius 2 is 2.15 bits per heavy atom. The van der Waals surface area contributed by atoms with Crippen molar-refractivity contribution in [3.63, 3.8) is 0 Å². The lowest BCUT2D eigenvalue weighted by Gasteiger charge is -2.23. The summed E-state index contributed by atoms with van der Waals surface area (Å²) in [5.74, 6) is 1.89. The van der Waals surface area contributed by atoms with Gasteiger partial charge in [0.25, 0.3) is 5.91 Å². The predicted octanol–water partition coefficient (Wildman–Crippen LogP) is 2.32. The van der Waals surface area contributed by atoms with Crippen molar-refractivity contribution in [2.24, 2.45) is 0 Å². The summed E-state index contributed by atoms with van der Waals surface area (Å²) in [7, 11) is 3.43. The summed E-state index contributed by atoms with van der Waals surface area (Å²) in [6.45, 7) is 7.79. The van der Waals surface area contributed by atoms with Crippen molar-refractivity contribution in [3.8, 4) is 0 Å². The first-order chi connectivity index (χ1) is 12.4. The molecule has 1 unspecified atom stereocenters. The molecule has 2 aromatic rings. The van der Waals surface area contributed by atoms with E-state index in [1.54, 1.807) is 20.4 Å². The van der Waals surface area contributed by atoms with Crippen molar-refractivity contribution in [3.05, 3.63) is 41.2 Å². The molecule has 0 aliphatic carbocycles. The van der Waals surface area contributed by atoms with E-state index in [4.69, 9.17) is 4.42 Å². The van der Waals surface area contributed by atoms with Gasteiger partial charge in [0.2, 0.25) is 5.82 Å². The fraction of sp³-hybridized carbons (Fsp3) is 0.526. The Morgan fingerprint density at radius 3 is 2.81 bits per heavy atom. The lowest BCUT2D eigenvalue weighted by molar-refractivity contribution is 0.0815. The first-order valence-corrected chi connectivity index (χ1v) is 8.98. The molecule has 1 aliphatic rings. The molecule has 1 amide bonds. The van der Waals surface area contributed by atoms with Crippen LogP contribution < -0.4 is 10.2 Å². The van der Waals surface area contributed by atoms with E-state index in [2.05, 4.69) is 27.1 Å². The molecule has 2 aromatic heterocycles. The molecule has 140 valence electrons. The number of carbonyl (C=O) groups excluding carboxylic acids is 1. The van der Waals surface area contributed by atoms with Gasteiger partial charge in [0, 0.05) is 44.5 Å². The van der Waals surface area contributed by atoms with Crippen LogP contribution in [-0.4, -0.2) is 54.0 Å². The third-order valence-corrected chi connectivity index (χ3v) is 4.90. The summed E-state index contributed by atoms with van der Waals surface area (Å²) >= 11 is 0. The first-order valence-electron chi connectivity index (χ1n) is 8.98. The van der Waals surface area contributed by atoms with Crippen LogP contribution in [0, 0.1) is 13.8 Å². The van der Waals surface area contributed by atoms with Gasteiger partial charge in [-0.25, -0.2) is 9.97 Å². The van der Waals surface area contributed by atoms with Gasteiger partial charge in [-0.15, -0.1) is 0 Å². The quantitative estimate of drug-likeness (QED) is 0.885. The lowest BCUT2D eigenvalue weighted by Crippen LogP contribution is -2.35. The summed E-state index contributed by atoms with van der Waals surface area (Å²) in [6.07, 6.45) is 2.72. The van der Waals surface area contributed by atoms with Gasteiger partial charge in [-0.1, -0.05) is 0 Å². The maximum absolute atomic E-state index is 12.3. The van der Waals surface area contributed by atoms with Crippen LogP contribution in [0.2, 0.25) is 0 Å². The number of aryl methyl sites for hydroxylation is 1. The second-order valence-corrected chi connectivity index (χ2v) is 7.12. The Hall–Kier alpha value is -2.41. The SMILES string of the molecule is Cc1nc(C(=O)N(C)C)nc(N2CC[C@@H](NC(C)c3ccco3)C2)c1C. The van der Waals surface area contributed by atoms with Crippen molar-refractivity contribution in [1.29, 1.82) is 0 Å². The molecule has 0 aromatic carbocycles. The molecule has 0 bridgehead atoms. The molecule has 3 heterocycles. The van der Waals surface area contributed by atoms with Crippen LogP contribution >= 0.6 is 0 Å². The maximum Gasteiger partial charge on any atom is 0.291 e. The topological polar surface area (TPSA) is 74.5 Å². The van der Waals surface area contributed by atoms with Crippen LogP contribution in [-0.2, 0) is 0 Å². The average molecular weight is 357 g/mol. The van der Waals surface area contributed by atoms with Gasteiger partial charge in [0.1, 0.15) is 11.6 Å². The van der Waals surface area contributed by atoms with Crippen LogP contribution in [0.15, 0.2) is 22.8 Å². The molecule has 1 saturated heterocycles. The molecule has 7 nitrogen and oxygen atoms in total. The maximum atomic E-state index is 12.3. The number of amides is 1. The number of nitrogens with one attached hydrogen (secondary N) is 1. The number of hydrogen-bond acceptors (Lipinski definition) is 6. The van der Waals surface area contributed by atoms with E-state index in [1.807, 2.05) is 26.0 Å². The van der Waals surface area contributed by atoms with E-state index < -0.39 is 0 Å². The van der Waals surface area contributed by atoms with Gasteiger partial charge in [0.15, 0.2) is 0 Å². The number of rotatable bonds is 5. The van der Waals surface area contributed by atoms with Gasteiger partial charge in [-0.05, 0) is 39.3 Å². The highest BCUT2D eigenvalue weighted by Crippen LogP contribution is 2.25. The van der Waals surface area contributed by atoms with E-state index in [1.165, 1.54) is 4.90 Å².